The Hall–Kier alpha value is -2.95. The maximum atomic E-state index is 12.4. The summed E-state index contributed by atoms with van der Waals surface area (Å²) in [6, 6.07) is 12.0. The van der Waals surface area contributed by atoms with E-state index in [4.69, 9.17) is 0 Å². The fraction of sp³-hybridized carbons (Fsp3) is 0.167. The van der Waals surface area contributed by atoms with E-state index in [0.29, 0.717) is 11.4 Å². The minimum Gasteiger partial charge on any atom is -0.326 e. The molecule has 23 heavy (non-hydrogen) atoms. The topological polar surface area (TPSA) is 75.3 Å². The highest BCUT2D eigenvalue weighted by atomic mass is 16.2. The van der Waals surface area contributed by atoms with Crippen molar-refractivity contribution in [1.29, 1.82) is 0 Å². The lowest BCUT2D eigenvalue weighted by molar-refractivity contribution is -0.114. The van der Waals surface area contributed by atoms with Gasteiger partial charge in [0.05, 0.1) is 11.3 Å². The van der Waals surface area contributed by atoms with Crippen LogP contribution in [0.5, 0.6) is 0 Å². The Bertz CT molecular complexity index is 782. The van der Waals surface area contributed by atoms with Crippen LogP contribution in [-0.2, 0) is 9.59 Å². The predicted octanol–water partition coefficient (Wildman–Crippen LogP) is 3.08. The molecule has 2 rings (SSSR count). The van der Waals surface area contributed by atoms with Crippen molar-refractivity contribution in [2.24, 2.45) is 0 Å². The summed E-state index contributed by atoms with van der Waals surface area (Å²) in [5, 5.41) is 5.17. The van der Waals surface area contributed by atoms with Gasteiger partial charge in [0, 0.05) is 12.6 Å². The summed E-state index contributed by atoms with van der Waals surface area (Å²) < 4.78 is 0. The molecule has 2 aromatic carbocycles. The van der Waals surface area contributed by atoms with Crippen molar-refractivity contribution >= 4 is 29.0 Å². The third kappa shape index (κ3) is 4.03. The number of hydrogen-bond acceptors (Lipinski definition) is 3. The van der Waals surface area contributed by atoms with Crippen molar-refractivity contribution in [2.45, 2.75) is 20.8 Å². The second kappa shape index (κ2) is 6.87. The first-order valence-corrected chi connectivity index (χ1v) is 7.18. The van der Waals surface area contributed by atoms with Gasteiger partial charge in [-0.2, -0.15) is 0 Å². The van der Waals surface area contributed by atoms with Crippen LogP contribution in [0.25, 0.3) is 0 Å². The second-order valence-corrected chi connectivity index (χ2v) is 5.33. The number of hydrogen-bond donors (Lipinski definition) is 2. The van der Waals surface area contributed by atoms with Crippen molar-refractivity contribution in [1.82, 2.24) is 0 Å². The number of rotatable bonds is 4. The number of carbonyl (C=O) groups excluding carboxylic acids is 3. The van der Waals surface area contributed by atoms with Crippen LogP contribution in [0.15, 0.2) is 42.5 Å². The van der Waals surface area contributed by atoms with Gasteiger partial charge in [-0.1, -0.05) is 29.8 Å². The zero-order chi connectivity index (χ0) is 17.0. The number of aryl methyl sites for hydroxylation is 2. The summed E-state index contributed by atoms with van der Waals surface area (Å²) in [4.78, 5) is 35.8. The lowest BCUT2D eigenvalue weighted by Gasteiger charge is -2.11. The van der Waals surface area contributed by atoms with Gasteiger partial charge >= 0.3 is 0 Å². The van der Waals surface area contributed by atoms with Crippen LogP contribution in [0.2, 0.25) is 0 Å². The highest BCUT2D eigenvalue weighted by Crippen LogP contribution is 2.19. The maximum Gasteiger partial charge on any atom is 0.296 e. The van der Waals surface area contributed by atoms with Gasteiger partial charge in [-0.05, 0) is 37.6 Å². The zero-order valence-electron chi connectivity index (χ0n) is 13.3. The molecule has 0 aliphatic heterocycles. The fourth-order valence-corrected chi connectivity index (χ4v) is 2.24. The highest BCUT2D eigenvalue weighted by Gasteiger charge is 2.20. The number of benzene rings is 2. The van der Waals surface area contributed by atoms with Crippen molar-refractivity contribution in [3.63, 3.8) is 0 Å². The van der Waals surface area contributed by atoms with Gasteiger partial charge in [0.25, 0.3) is 11.7 Å². The van der Waals surface area contributed by atoms with Crippen LogP contribution >= 0.6 is 0 Å². The minimum absolute atomic E-state index is 0.157. The number of para-hydroxylation sites is 1. The first-order valence-electron chi connectivity index (χ1n) is 7.18. The molecule has 0 aromatic heterocycles. The van der Waals surface area contributed by atoms with Crippen LogP contribution in [-0.4, -0.2) is 17.6 Å². The van der Waals surface area contributed by atoms with E-state index in [1.54, 1.807) is 24.3 Å². The number of amides is 2. The molecule has 0 unspecified atom stereocenters. The Morgan fingerprint density at radius 1 is 0.870 bits per heavy atom. The predicted molar refractivity (Wildman–Crippen MR) is 89.6 cm³/mol. The van der Waals surface area contributed by atoms with E-state index >= 15 is 0 Å². The van der Waals surface area contributed by atoms with Gasteiger partial charge in [-0.25, -0.2) is 0 Å². The van der Waals surface area contributed by atoms with E-state index in [1.165, 1.54) is 13.0 Å². The van der Waals surface area contributed by atoms with Gasteiger partial charge in [-0.15, -0.1) is 0 Å². The molecule has 0 aliphatic carbocycles. The van der Waals surface area contributed by atoms with Gasteiger partial charge in [0.1, 0.15) is 0 Å². The average Bonchev–Trinajstić information content (AvgIpc) is 2.49. The molecule has 0 aliphatic rings. The first kappa shape index (κ1) is 16.4. The molecule has 0 heterocycles. The second-order valence-electron chi connectivity index (χ2n) is 5.33. The summed E-state index contributed by atoms with van der Waals surface area (Å²) in [6.45, 7) is 5.16. The Balaban J connectivity index is 2.23. The van der Waals surface area contributed by atoms with Crippen LogP contribution in [0, 0.1) is 13.8 Å². The molecular formula is C18H18N2O3. The number of carbonyl (C=O) groups is 3. The largest absolute Gasteiger partial charge is 0.326 e. The van der Waals surface area contributed by atoms with Crippen LogP contribution in [0.3, 0.4) is 0 Å². The molecule has 0 radical (unpaired) electrons. The average molecular weight is 310 g/mol. The van der Waals surface area contributed by atoms with Gasteiger partial charge in [-0.3, -0.25) is 14.4 Å². The van der Waals surface area contributed by atoms with Crippen molar-refractivity contribution < 1.29 is 14.4 Å². The Kier molecular flexibility index (Phi) is 4.91. The third-order valence-corrected chi connectivity index (χ3v) is 3.32. The molecule has 118 valence electrons. The number of nitrogens with one attached hydrogen (secondary N) is 2. The minimum atomic E-state index is -0.741. The van der Waals surface area contributed by atoms with Gasteiger partial charge < -0.3 is 10.6 Å². The molecule has 0 saturated heterocycles. The smallest absolute Gasteiger partial charge is 0.296 e. The molecular weight excluding hydrogens is 292 g/mol. The van der Waals surface area contributed by atoms with Gasteiger partial charge in [0.15, 0.2) is 0 Å². The molecule has 2 amide bonds. The summed E-state index contributed by atoms with van der Waals surface area (Å²) >= 11 is 0. The standard InChI is InChI=1S/C18H18N2O3/c1-11-8-9-15(12(2)10-11)20-18(23)17(22)14-6-4-5-7-16(14)19-13(3)21/h4-10H,1-3H3,(H,19,21)(H,20,23). The van der Waals surface area contributed by atoms with Crippen LogP contribution in [0.4, 0.5) is 11.4 Å². The van der Waals surface area contributed by atoms with Crippen LogP contribution < -0.4 is 10.6 Å². The molecule has 2 aromatic rings. The zero-order valence-corrected chi connectivity index (χ0v) is 13.3. The van der Waals surface area contributed by atoms with E-state index < -0.39 is 11.7 Å². The lowest BCUT2D eigenvalue weighted by Crippen LogP contribution is -2.24. The van der Waals surface area contributed by atoms with Crippen molar-refractivity contribution in [3.8, 4) is 0 Å². The fourth-order valence-electron chi connectivity index (χ4n) is 2.24. The van der Waals surface area contributed by atoms with Crippen LogP contribution in [0.1, 0.15) is 28.4 Å². The van der Waals surface area contributed by atoms with Crippen molar-refractivity contribution in [2.75, 3.05) is 10.6 Å². The summed E-state index contributed by atoms with van der Waals surface area (Å²) in [7, 11) is 0. The third-order valence-electron chi connectivity index (χ3n) is 3.32. The highest BCUT2D eigenvalue weighted by molar-refractivity contribution is 6.47. The summed E-state index contributed by atoms with van der Waals surface area (Å²) in [6.07, 6.45) is 0. The summed E-state index contributed by atoms with van der Waals surface area (Å²) in [5.41, 5.74) is 3.01. The van der Waals surface area contributed by atoms with E-state index in [9.17, 15) is 14.4 Å². The number of ketones is 1. The molecule has 0 saturated carbocycles. The lowest BCUT2D eigenvalue weighted by atomic mass is 10.1. The number of Topliss-reactive ketones (excluding diaryl/α,β-unsaturated/α-hetero) is 1. The molecule has 2 N–H and O–H groups in total. The molecule has 0 atom stereocenters. The molecule has 0 fully saturated rings. The van der Waals surface area contributed by atoms with E-state index in [-0.39, 0.29) is 11.5 Å². The molecule has 5 nitrogen and oxygen atoms in total. The van der Waals surface area contributed by atoms with E-state index in [0.717, 1.165) is 11.1 Å². The van der Waals surface area contributed by atoms with E-state index in [1.807, 2.05) is 26.0 Å². The molecule has 5 heteroatoms. The molecule has 0 bridgehead atoms. The number of anilines is 2. The SMILES string of the molecule is CC(=O)Nc1ccccc1C(=O)C(=O)Nc1ccc(C)cc1C. The maximum absolute atomic E-state index is 12.4. The Morgan fingerprint density at radius 3 is 2.22 bits per heavy atom. The van der Waals surface area contributed by atoms with Gasteiger partial charge in [0.2, 0.25) is 5.91 Å². The van der Waals surface area contributed by atoms with E-state index in [2.05, 4.69) is 10.6 Å². The quantitative estimate of drug-likeness (QED) is 0.673. The normalized spacial score (nSPS) is 10.0. The monoisotopic (exact) mass is 310 g/mol. The Labute approximate surface area is 134 Å². The first-order chi connectivity index (χ1) is 10.9. The Morgan fingerprint density at radius 2 is 1.57 bits per heavy atom. The van der Waals surface area contributed by atoms with Crippen molar-refractivity contribution in [3.05, 3.63) is 59.2 Å². The summed E-state index contributed by atoms with van der Waals surface area (Å²) in [5.74, 6) is -1.75. The molecule has 0 spiro atoms.